The van der Waals surface area contributed by atoms with E-state index in [-0.39, 0.29) is 5.91 Å². The van der Waals surface area contributed by atoms with Crippen molar-refractivity contribution in [3.8, 4) is 0 Å². The van der Waals surface area contributed by atoms with Gasteiger partial charge >= 0.3 is 0 Å². The van der Waals surface area contributed by atoms with Crippen LogP contribution in [0.2, 0.25) is 0 Å². The number of hydrogen-bond acceptors (Lipinski definition) is 5. The van der Waals surface area contributed by atoms with Crippen molar-refractivity contribution in [2.24, 2.45) is 5.92 Å². The lowest BCUT2D eigenvalue weighted by Crippen LogP contribution is -2.37. The number of amides is 1. The number of carbonyl (C=O) groups is 1. The first-order chi connectivity index (χ1) is 13.6. The number of carbonyl (C=O) groups excluding carboxylic acids is 1. The van der Waals surface area contributed by atoms with Crippen molar-refractivity contribution in [3.63, 3.8) is 0 Å². The van der Waals surface area contributed by atoms with Gasteiger partial charge in [0, 0.05) is 25.3 Å². The minimum Gasteiger partial charge on any atom is -0.381 e. The number of piperidine rings is 1. The summed E-state index contributed by atoms with van der Waals surface area (Å²) in [4.78, 5) is 19.9. The van der Waals surface area contributed by atoms with Crippen LogP contribution in [0.25, 0.3) is 11.0 Å². The van der Waals surface area contributed by atoms with Crippen molar-refractivity contribution in [2.45, 2.75) is 59.0 Å². The maximum absolute atomic E-state index is 13.0. The first-order valence-corrected chi connectivity index (χ1v) is 10.6. The molecule has 3 heterocycles. The number of anilines is 1. The number of fused-ring (bicyclic) bond motifs is 1. The quantitative estimate of drug-likeness (QED) is 0.729. The molecule has 1 amide bonds. The van der Waals surface area contributed by atoms with Gasteiger partial charge in [-0.1, -0.05) is 26.7 Å². The summed E-state index contributed by atoms with van der Waals surface area (Å²) in [5, 5.41) is 12.2. The van der Waals surface area contributed by atoms with Crippen LogP contribution in [0.3, 0.4) is 0 Å². The second kappa shape index (κ2) is 9.37. The van der Waals surface area contributed by atoms with Gasteiger partial charge in [0.05, 0.1) is 22.8 Å². The molecule has 0 aromatic carbocycles. The Bertz CT molecular complexity index is 790. The van der Waals surface area contributed by atoms with E-state index in [2.05, 4.69) is 53.4 Å². The Hall–Kier alpha value is -2.15. The summed E-state index contributed by atoms with van der Waals surface area (Å²) in [6.07, 6.45) is 7.81. The van der Waals surface area contributed by atoms with Crippen LogP contribution in [-0.2, 0) is 6.54 Å². The molecule has 0 unspecified atom stereocenters. The van der Waals surface area contributed by atoms with Crippen molar-refractivity contribution < 1.29 is 4.79 Å². The van der Waals surface area contributed by atoms with Crippen molar-refractivity contribution >= 4 is 22.6 Å². The Balaban J connectivity index is 1.88. The van der Waals surface area contributed by atoms with Gasteiger partial charge < -0.3 is 15.5 Å². The Morgan fingerprint density at radius 2 is 1.93 bits per heavy atom. The minimum atomic E-state index is -0.0547. The van der Waals surface area contributed by atoms with Crippen LogP contribution < -0.4 is 10.6 Å². The summed E-state index contributed by atoms with van der Waals surface area (Å²) >= 11 is 0. The minimum absolute atomic E-state index is 0.0547. The van der Waals surface area contributed by atoms with E-state index in [4.69, 9.17) is 0 Å². The largest absolute Gasteiger partial charge is 0.381 e. The molecule has 1 aliphatic heterocycles. The summed E-state index contributed by atoms with van der Waals surface area (Å²) in [6.45, 7) is 9.97. The zero-order chi connectivity index (χ0) is 20.1. The topological polar surface area (TPSA) is 75.1 Å². The van der Waals surface area contributed by atoms with E-state index < -0.39 is 0 Å². The molecule has 0 radical (unpaired) electrons. The Morgan fingerprint density at radius 3 is 2.57 bits per heavy atom. The maximum Gasteiger partial charge on any atom is 0.254 e. The number of rotatable bonds is 8. The zero-order valence-electron chi connectivity index (χ0n) is 17.7. The third-order valence-corrected chi connectivity index (χ3v) is 5.98. The molecule has 0 saturated carbocycles. The van der Waals surface area contributed by atoms with Gasteiger partial charge in [0.2, 0.25) is 0 Å². The van der Waals surface area contributed by atoms with E-state index in [1.54, 1.807) is 6.20 Å². The summed E-state index contributed by atoms with van der Waals surface area (Å²) in [7, 11) is 2.16. The molecular weight excluding hydrogens is 352 g/mol. The van der Waals surface area contributed by atoms with E-state index in [0.29, 0.717) is 24.1 Å². The van der Waals surface area contributed by atoms with Gasteiger partial charge in [-0.25, -0.2) is 9.67 Å². The van der Waals surface area contributed by atoms with Crippen LogP contribution >= 0.6 is 0 Å². The fourth-order valence-corrected chi connectivity index (χ4v) is 3.85. The van der Waals surface area contributed by atoms with Gasteiger partial charge in [-0.15, -0.1) is 0 Å². The van der Waals surface area contributed by atoms with Gasteiger partial charge in [0.25, 0.3) is 5.91 Å². The number of likely N-dealkylation sites (tertiary alicyclic amines) is 1. The molecule has 2 N–H and O–H groups in total. The highest BCUT2D eigenvalue weighted by Crippen LogP contribution is 2.28. The lowest BCUT2D eigenvalue weighted by Gasteiger charge is -2.30. The predicted octanol–water partition coefficient (Wildman–Crippen LogP) is 3.12. The van der Waals surface area contributed by atoms with Crippen molar-refractivity contribution in [1.29, 1.82) is 0 Å². The average molecular weight is 387 g/mol. The summed E-state index contributed by atoms with van der Waals surface area (Å²) < 4.78 is 1.88. The second-order valence-electron chi connectivity index (χ2n) is 7.86. The molecule has 2 aromatic rings. The average Bonchev–Trinajstić information content (AvgIpc) is 3.14. The number of hydrogen-bond donors (Lipinski definition) is 2. The second-order valence-corrected chi connectivity index (χ2v) is 7.86. The first kappa shape index (κ1) is 20.6. The third-order valence-electron chi connectivity index (χ3n) is 5.98. The van der Waals surface area contributed by atoms with Gasteiger partial charge in [-0.05, 0) is 45.8 Å². The van der Waals surface area contributed by atoms with Crippen LogP contribution in [0.15, 0.2) is 12.4 Å². The predicted molar refractivity (Wildman–Crippen MR) is 114 cm³/mol. The summed E-state index contributed by atoms with van der Waals surface area (Å²) in [6, 6.07) is 0.359. The number of nitrogens with one attached hydrogen (secondary N) is 2. The molecule has 1 aliphatic rings. The zero-order valence-corrected chi connectivity index (χ0v) is 17.7. The van der Waals surface area contributed by atoms with Crippen molar-refractivity contribution in [3.05, 3.63) is 18.0 Å². The van der Waals surface area contributed by atoms with Gasteiger partial charge in [0.1, 0.15) is 0 Å². The molecule has 7 heteroatoms. The van der Waals surface area contributed by atoms with Crippen LogP contribution in [-0.4, -0.2) is 58.3 Å². The van der Waals surface area contributed by atoms with Gasteiger partial charge in [0.15, 0.2) is 5.65 Å². The smallest absolute Gasteiger partial charge is 0.254 e. The molecule has 0 atom stereocenters. The van der Waals surface area contributed by atoms with E-state index in [1.807, 2.05) is 10.9 Å². The molecule has 1 fully saturated rings. The standard InChI is InChI=1S/C21H34N6O/c1-5-15(6-2)12-23-21(28)18-13-22-20-17(14-24-27(20)7-3)19(18)25-16-8-10-26(4)11-9-16/h13-16H,5-12H2,1-4H3,(H,22,25)(H,23,28). The number of aromatic nitrogens is 3. The maximum atomic E-state index is 13.0. The molecule has 0 aliphatic carbocycles. The Labute approximate surface area is 167 Å². The lowest BCUT2D eigenvalue weighted by molar-refractivity contribution is 0.0947. The van der Waals surface area contributed by atoms with E-state index in [0.717, 1.165) is 62.0 Å². The Morgan fingerprint density at radius 1 is 1.21 bits per heavy atom. The van der Waals surface area contributed by atoms with Crippen LogP contribution in [0, 0.1) is 5.92 Å². The first-order valence-electron chi connectivity index (χ1n) is 10.6. The number of pyridine rings is 1. The molecule has 154 valence electrons. The fraction of sp³-hybridized carbons (Fsp3) is 0.667. The SMILES string of the molecule is CCC(CC)CNC(=O)c1cnc2c(cnn2CC)c1NC1CCN(C)CC1. The number of nitrogens with zero attached hydrogens (tertiary/aromatic N) is 4. The summed E-state index contributed by atoms with van der Waals surface area (Å²) in [5.74, 6) is 0.453. The van der Waals surface area contributed by atoms with Crippen LogP contribution in [0.1, 0.15) is 56.8 Å². The lowest BCUT2D eigenvalue weighted by atomic mass is 10.0. The van der Waals surface area contributed by atoms with Crippen molar-refractivity contribution in [1.82, 2.24) is 25.0 Å². The third kappa shape index (κ3) is 4.46. The van der Waals surface area contributed by atoms with E-state index >= 15 is 0 Å². The van der Waals surface area contributed by atoms with E-state index in [1.165, 1.54) is 0 Å². The molecule has 3 rings (SSSR count). The molecule has 0 bridgehead atoms. The monoisotopic (exact) mass is 386 g/mol. The Kier molecular flexibility index (Phi) is 6.88. The van der Waals surface area contributed by atoms with E-state index in [9.17, 15) is 4.79 Å². The normalized spacial score (nSPS) is 16.0. The molecule has 0 spiro atoms. The highest BCUT2D eigenvalue weighted by molar-refractivity contribution is 6.06. The highest BCUT2D eigenvalue weighted by atomic mass is 16.1. The van der Waals surface area contributed by atoms with Gasteiger partial charge in [-0.3, -0.25) is 4.79 Å². The molecule has 28 heavy (non-hydrogen) atoms. The fourth-order valence-electron chi connectivity index (χ4n) is 3.85. The molecule has 7 nitrogen and oxygen atoms in total. The molecule has 2 aromatic heterocycles. The summed E-state index contributed by atoms with van der Waals surface area (Å²) in [5.41, 5.74) is 2.32. The van der Waals surface area contributed by atoms with Crippen LogP contribution in [0.5, 0.6) is 0 Å². The van der Waals surface area contributed by atoms with Gasteiger partial charge in [-0.2, -0.15) is 5.10 Å². The number of aryl methyl sites for hydroxylation is 1. The highest BCUT2D eigenvalue weighted by Gasteiger charge is 2.23. The van der Waals surface area contributed by atoms with Crippen molar-refractivity contribution in [2.75, 3.05) is 32.0 Å². The molecule has 1 saturated heterocycles. The van der Waals surface area contributed by atoms with Crippen LogP contribution in [0.4, 0.5) is 5.69 Å². The molecular formula is C21H34N6O.